The fourth-order valence-corrected chi connectivity index (χ4v) is 2.95. The molecule has 3 nitrogen and oxygen atoms in total. The van der Waals surface area contributed by atoms with Crippen molar-refractivity contribution in [2.75, 3.05) is 0 Å². The molecule has 0 saturated carbocycles. The second kappa shape index (κ2) is 6.52. The van der Waals surface area contributed by atoms with E-state index >= 15 is 0 Å². The Morgan fingerprint density at radius 1 is 1.19 bits per heavy atom. The van der Waals surface area contributed by atoms with E-state index in [0.717, 1.165) is 18.9 Å². The number of amides is 1. The molecular weight excluding hydrogens is 274 g/mol. The molecule has 2 rings (SSSR count). The summed E-state index contributed by atoms with van der Waals surface area (Å²) in [5, 5.41) is 3.24. The average molecular weight is 296 g/mol. The molecule has 0 aliphatic carbocycles. The minimum absolute atomic E-state index is 0.0425. The maximum atomic E-state index is 13.5. The number of hydrogen-bond donors (Lipinski definition) is 1. The number of hydrogen-bond acceptors (Lipinski definition) is 2. The third-order valence-corrected chi connectivity index (χ3v) is 4.19. The minimum Gasteiger partial charge on any atom is -0.319 e. The van der Waals surface area contributed by atoms with E-state index in [1.54, 1.807) is 4.90 Å². The summed E-state index contributed by atoms with van der Waals surface area (Å²) in [5.74, 6) is -1.71. The van der Waals surface area contributed by atoms with Gasteiger partial charge in [-0.3, -0.25) is 10.1 Å². The first kappa shape index (κ1) is 15.9. The largest absolute Gasteiger partial charge is 0.319 e. The predicted molar refractivity (Wildman–Crippen MR) is 77.5 cm³/mol. The lowest BCUT2D eigenvalue weighted by Crippen LogP contribution is -2.39. The van der Waals surface area contributed by atoms with E-state index < -0.39 is 11.6 Å². The van der Waals surface area contributed by atoms with Crippen molar-refractivity contribution in [3.05, 3.63) is 35.4 Å². The minimum atomic E-state index is -0.883. The predicted octanol–water partition coefficient (Wildman–Crippen LogP) is 3.36. The number of rotatable bonds is 5. The lowest BCUT2D eigenvalue weighted by atomic mass is 10.1. The van der Waals surface area contributed by atoms with Gasteiger partial charge in [-0.25, -0.2) is 8.78 Å². The van der Waals surface area contributed by atoms with E-state index in [1.165, 1.54) is 12.1 Å². The van der Waals surface area contributed by atoms with Gasteiger partial charge in [-0.15, -0.1) is 0 Å². The summed E-state index contributed by atoms with van der Waals surface area (Å²) in [6, 6.07) is 3.66. The van der Waals surface area contributed by atoms with Crippen molar-refractivity contribution >= 4 is 5.91 Å². The van der Waals surface area contributed by atoms with Crippen molar-refractivity contribution in [3.8, 4) is 0 Å². The molecule has 5 heteroatoms. The molecule has 1 aromatic carbocycles. The summed E-state index contributed by atoms with van der Waals surface area (Å²) in [7, 11) is 0. The van der Waals surface area contributed by atoms with Crippen molar-refractivity contribution in [2.45, 2.75) is 58.3 Å². The Labute approximate surface area is 124 Å². The van der Waals surface area contributed by atoms with Crippen molar-refractivity contribution in [3.63, 3.8) is 0 Å². The zero-order chi connectivity index (χ0) is 15.6. The summed E-state index contributed by atoms with van der Waals surface area (Å²) in [5.41, 5.74) is 0.588. The molecule has 1 aliphatic rings. The second-order valence-corrected chi connectivity index (χ2v) is 5.42. The van der Waals surface area contributed by atoms with Crippen LogP contribution >= 0.6 is 0 Å². The zero-order valence-corrected chi connectivity index (χ0v) is 12.7. The molecule has 0 aromatic heterocycles. The summed E-state index contributed by atoms with van der Waals surface area (Å²) in [6.45, 7) is 6.00. The molecule has 21 heavy (non-hydrogen) atoms. The first-order chi connectivity index (χ1) is 10.0. The Morgan fingerprint density at radius 2 is 1.86 bits per heavy atom. The molecule has 116 valence electrons. The standard InChI is InChI=1S/C16H22F2N2O/c1-4-11(5-2)20-15(19-14(6-3)16(20)21)10-7-8-12(17)13(18)9-10/h7-9,11,14-15,19H,4-6H2,1-3H3. The second-order valence-electron chi connectivity index (χ2n) is 5.42. The summed E-state index contributed by atoms with van der Waals surface area (Å²) >= 11 is 0. The zero-order valence-electron chi connectivity index (χ0n) is 12.7. The molecule has 0 radical (unpaired) electrons. The third kappa shape index (κ3) is 2.93. The fraction of sp³-hybridized carbons (Fsp3) is 0.562. The van der Waals surface area contributed by atoms with Crippen LogP contribution in [0.1, 0.15) is 51.8 Å². The fourth-order valence-electron chi connectivity index (χ4n) is 2.95. The lowest BCUT2D eigenvalue weighted by molar-refractivity contribution is -0.132. The van der Waals surface area contributed by atoms with Crippen LogP contribution in [-0.2, 0) is 4.79 Å². The monoisotopic (exact) mass is 296 g/mol. The van der Waals surface area contributed by atoms with Crippen LogP contribution in [0.4, 0.5) is 8.78 Å². The van der Waals surface area contributed by atoms with Gasteiger partial charge in [-0.05, 0) is 37.0 Å². The number of nitrogens with one attached hydrogen (secondary N) is 1. The van der Waals surface area contributed by atoms with Gasteiger partial charge in [0.05, 0.1) is 6.04 Å². The molecule has 1 fully saturated rings. The maximum absolute atomic E-state index is 13.5. The Bertz CT molecular complexity index is 517. The van der Waals surface area contributed by atoms with Gasteiger partial charge >= 0.3 is 0 Å². The highest BCUT2D eigenvalue weighted by Gasteiger charge is 2.41. The van der Waals surface area contributed by atoms with Gasteiger partial charge in [0.25, 0.3) is 0 Å². The van der Waals surface area contributed by atoms with Gasteiger partial charge in [-0.2, -0.15) is 0 Å². The van der Waals surface area contributed by atoms with Crippen LogP contribution in [0.3, 0.4) is 0 Å². The quantitative estimate of drug-likeness (QED) is 0.903. The van der Waals surface area contributed by atoms with Crippen LogP contribution in [0.15, 0.2) is 18.2 Å². The van der Waals surface area contributed by atoms with E-state index in [1.807, 2.05) is 20.8 Å². The van der Waals surface area contributed by atoms with Gasteiger partial charge in [-0.1, -0.05) is 26.8 Å². The van der Waals surface area contributed by atoms with Gasteiger partial charge in [0.15, 0.2) is 11.6 Å². The SMILES string of the molecule is CCC1NC(c2ccc(F)c(F)c2)N(C(CC)CC)C1=O. The molecule has 1 aromatic rings. The van der Waals surface area contributed by atoms with E-state index in [0.29, 0.717) is 12.0 Å². The number of carbonyl (C=O) groups is 1. The molecule has 2 atom stereocenters. The molecule has 0 bridgehead atoms. The third-order valence-electron chi connectivity index (χ3n) is 4.19. The molecule has 1 saturated heterocycles. The Balaban J connectivity index is 2.38. The summed E-state index contributed by atoms with van der Waals surface area (Å²) in [4.78, 5) is 14.3. The summed E-state index contributed by atoms with van der Waals surface area (Å²) < 4.78 is 26.6. The van der Waals surface area contributed by atoms with E-state index in [4.69, 9.17) is 0 Å². The first-order valence-corrected chi connectivity index (χ1v) is 7.56. The van der Waals surface area contributed by atoms with Gasteiger partial charge < -0.3 is 4.90 Å². The molecule has 1 heterocycles. The van der Waals surface area contributed by atoms with E-state index in [-0.39, 0.29) is 24.2 Å². The smallest absolute Gasteiger partial charge is 0.241 e. The normalized spacial score (nSPS) is 22.4. The molecule has 0 spiro atoms. The Kier molecular flexibility index (Phi) is 4.93. The van der Waals surface area contributed by atoms with Crippen LogP contribution in [0.25, 0.3) is 0 Å². The molecule has 1 aliphatic heterocycles. The van der Waals surface area contributed by atoms with Crippen LogP contribution in [-0.4, -0.2) is 22.9 Å². The molecule has 1 N–H and O–H groups in total. The van der Waals surface area contributed by atoms with Gasteiger partial charge in [0.1, 0.15) is 6.17 Å². The van der Waals surface area contributed by atoms with Gasteiger partial charge in [0, 0.05) is 6.04 Å². The number of carbonyl (C=O) groups excluding carboxylic acids is 1. The highest BCUT2D eigenvalue weighted by atomic mass is 19.2. The van der Waals surface area contributed by atoms with Crippen molar-refractivity contribution in [1.82, 2.24) is 10.2 Å². The molecular formula is C16H22F2N2O. The maximum Gasteiger partial charge on any atom is 0.241 e. The molecule has 1 amide bonds. The van der Waals surface area contributed by atoms with Crippen LogP contribution in [0, 0.1) is 11.6 Å². The van der Waals surface area contributed by atoms with Gasteiger partial charge in [0.2, 0.25) is 5.91 Å². The Morgan fingerprint density at radius 3 is 2.38 bits per heavy atom. The van der Waals surface area contributed by atoms with E-state index in [2.05, 4.69) is 5.32 Å². The first-order valence-electron chi connectivity index (χ1n) is 7.56. The highest BCUT2D eigenvalue weighted by Crippen LogP contribution is 2.31. The highest BCUT2D eigenvalue weighted by molar-refractivity contribution is 5.84. The van der Waals surface area contributed by atoms with Crippen molar-refractivity contribution < 1.29 is 13.6 Å². The number of halogens is 2. The average Bonchev–Trinajstić information content (AvgIpc) is 2.81. The molecule has 2 unspecified atom stereocenters. The Hall–Kier alpha value is -1.49. The number of nitrogens with zero attached hydrogens (tertiary/aromatic N) is 1. The summed E-state index contributed by atoms with van der Waals surface area (Å²) in [6.07, 6.45) is 1.96. The van der Waals surface area contributed by atoms with E-state index in [9.17, 15) is 13.6 Å². The van der Waals surface area contributed by atoms with Crippen molar-refractivity contribution in [1.29, 1.82) is 0 Å². The topological polar surface area (TPSA) is 32.3 Å². The van der Waals surface area contributed by atoms with Crippen LogP contribution in [0.5, 0.6) is 0 Å². The van der Waals surface area contributed by atoms with Crippen molar-refractivity contribution in [2.24, 2.45) is 0 Å². The van der Waals surface area contributed by atoms with Crippen LogP contribution < -0.4 is 5.32 Å². The van der Waals surface area contributed by atoms with Crippen LogP contribution in [0.2, 0.25) is 0 Å². The number of benzene rings is 1. The lowest BCUT2D eigenvalue weighted by Gasteiger charge is -2.32.